The van der Waals surface area contributed by atoms with E-state index in [1.165, 1.54) is 0 Å². The molecule has 0 saturated heterocycles. The Bertz CT molecular complexity index is 415. The lowest BCUT2D eigenvalue weighted by Gasteiger charge is -2.04. The molecule has 1 rings (SSSR count). The van der Waals surface area contributed by atoms with Crippen LogP contribution in [-0.4, -0.2) is 11.6 Å². The van der Waals surface area contributed by atoms with Crippen LogP contribution < -0.4 is 5.73 Å². The number of carbonyl (C=O) groups is 2. The van der Waals surface area contributed by atoms with E-state index in [4.69, 9.17) is 17.3 Å². The maximum atomic E-state index is 11.7. The molecule has 16 heavy (non-hydrogen) atoms. The number of nitrogen functional groups attached to an aromatic ring is 1. The van der Waals surface area contributed by atoms with Crippen molar-refractivity contribution in [3.8, 4) is 0 Å². The van der Waals surface area contributed by atoms with Crippen LogP contribution in [0, 0.1) is 0 Å². The van der Waals surface area contributed by atoms with Crippen LogP contribution >= 0.6 is 11.6 Å². The van der Waals surface area contributed by atoms with Gasteiger partial charge in [0.25, 0.3) is 0 Å². The van der Waals surface area contributed by atoms with E-state index in [9.17, 15) is 9.59 Å². The fraction of sp³-hybridized carbons (Fsp3) is 0.333. The van der Waals surface area contributed by atoms with E-state index >= 15 is 0 Å². The summed E-state index contributed by atoms with van der Waals surface area (Å²) in [5.74, 6) is -0.0625. The summed E-state index contributed by atoms with van der Waals surface area (Å²) in [5, 5.41) is 0.378. The number of rotatable bonds is 5. The maximum Gasteiger partial charge on any atom is 0.164 e. The van der Waals surface area contributed by atoms with Crippen molar-refractivity contribution in [1.29, 1.82) is 0 Å². The third-order valence-electron chi connectivity index (χ3n) is 2.32. The Balaban J connectivity index is 2.73. The minimum Gasteiger partial charge on any atom is -0.399 e. The Labute approximate surface area is 99.6 Å². The average Bonchev–Trinajstić information content (AvgIpc) is 2.28. The molecule has 0 aliphatic heterocycles. The molecule has 0 radical (unpaired) electrons. The van der Waals surface area contributed by atoms with E-state index in [1.54, 1.807) is 25.1 Å². The topological polar surface area (TPSA) is 60.2 Å². The second kappa shape index (κ2) is 5.66. The van der Waals surface area contributed by atoms with E-state index < -0.39 is 0 Å². The number of benzene rings is 1. The number of ketones is 2. The summed E-state index contributed by atoms with van der Waals surface area (Å²) in [6.45, 7) is 1.78. The molecule has 3 nitrogen and oxygen atoms in total. The molecule has 0 fully saturated rings. The molecule has 4 heteroatoms. The molecule has 0 aliphatic rings. The van der Waals surface area contributed by atoms with E-state index in [0.29, 0.717) is 22.7 Å². The molecule has 0 spiro atoms. The molecule has 1 aromatic rings. The molecule has 0 saturated carbocycles. The van der Waals surface area contributed by atoms with Gasteiger partial charge in [-0.2, -0.15) is 0 Å². The van der Waals surface area contributed by atoms with E-state index in [-0.39, 0.29) is 24.4 Å². The van der Waals surface area contributed by atoms with Gasteiger partial charge in [0.15, 0.2) is 5.78 Å². The van der Waals surface area contributed by atoms with Gasteiger partial charge in [0.05, 0.1) is 5.02 Å². The van der Waals surface area contributed by atoms with Crippen LogP contribution in [0.2, 0.25) is 5.02 Å². The van der Waals surface area contributed by atoms with Crippen LogP contribution in [0.1, 0.15) is 36.5 Å². The van der Waals surface area contributed by atoms with Gasteiger partial charge in [-0.05, 0) is 18.2 Å². The fourth-order valence-electron chi connectivity index (χ4n) is 1.32. The molecule has 0 amide bonds. The normalized spacial score (nSPS) is 10.1. The predicted octanol–water partition coefficient (Wildman–Crippen LogP) is 2.86. The first-order chi connectivity index (χ1) is 7.54. The van der Waals surface area contributed by atoms with Crippen molar-refractivity contribution >= 4 is 28.9 Å². The number of nitrogens with two attached hydrogens (primary N) is 1. The third kappa shape index (κ3) is 3.35. The monoisotopic (exact) mass is 239 g/mol. The molecule has 2 N–H and O–H groups in total. The molecule has 0 heterocycles. The van der Waals surface area contributed by atoms with Crippen molar-refractivity contribution in [2.75, 3.05) is 5.73 Å². The third-order valence-corrected chi connectivity index (χ3v) is 2.65. The van der Waals surface area contributed by atoms with Crippen LogP contribution in [0.25, 0.3) is 0 Å². The molecule has 0 bridgehead atoms. The smallest absolute Gasteiger partial charge is 0.164 e. The Kier molecular flexibility index (Phi) is 4.50. The van der Waals surface area contributed by atoms with Crippen LogP contribution in [0.5, 0.6) is 0 Å². The lowest BCUT2D eigenvalue weighted by Crippen LogP contribution is -2.05. The summed E-state index contributed by atoms with van der Waals surface area (Å²) in [4.78, 5) is 22.8. The minimum atomic E-state index is -0.140. The van der Waals surface area contributed by atoms with Gasteiger partial charge in [-0.15, -0.1) is 0 Å². The van der Waals surface area contributed by atoms with E-state index in [0.717, 1.165) is 0 Å². The Morgan fingerprint density at radius 3 is 2.62 bits per heavy atom. The first kappa shape index (κ1) is 12.7. The molecule has 86 valence electrons. The molecule has 0 aliphatic carbocycles. The van der Waals surface area contributed by atoms with Gasteiger partial charge in [-0.25, -0.2) is 0 Å². The highest BCUT2D eigenvalue weighted by Gasteiger charge is 2.12. The summed E-state index contributed by atoms with van der Waals surface area (Å²) in [6, 6.07) is 4.77. The number of Topliss-reactive ketones (excluding diaryl/α,β-unsaturated/α-hetero) is 2. The number of anilines is 1. The first-order valence-corrected chi connectivity index (χ1v) is 5.52. The van der Waals surface area contributed by atoms with Gasteiger partial charge >= 0.3 is 0 Å². The van der Waals surface area contributed by atoms with Crippen LogP contribution in [0.4, 0.5) is 5.69 Å². The minimum absolute atomic E-state index is 0.0772. The Morgan fingerprint density at radius 1 is 1.31 bits per heavy atom. The van der Waals surface area contributed by atoms with Crippen molar-refractivity contribution in [3.05, 3.63) is 28.8 Å². The average molecular weight is 240 g/mol. The van der Waals surface area contributed by atoms with Crippen molar-refractivity contribution in [2.45, 2.75) is 26.2 Å². The highest BCUT2D eigenvalue weighted by atomic mass is 35.5. The van der Waals surface area contributed by atoms with Crippen LogP contribution in [0.3, 0.4) is 0 Å². The molecular formula is C12H14ClNO2. The van der Waals surface area contributed by atoms with Crippen molar-refractivity contribution in [3.63, 3.8) is 0 Å². The zero-order valence-electron chi connectivity index (χ0n) is 9.13. The molecule has 0 unspecified atom stereocenters. The second-order valence-electron chi connectivity index (χ2n) is 3.55. The van der Waals surface area contributed by atoms with Crippen molar-refractivity contribution in [1.82, 2.24) is 0 Å². The highest BCUT2D eigenvalue weighted by Crippen LogP contribution is 2.20. The maximum absolute atomic E-state index is 11.7. The molecule has 0 atom stereocenters. The number of carbonyl (C=O) groups excluding carboxylic acids is 2. The first-order valence-electron chi connectivity index (χ1n) is 5.14. The number of hydrogen-bond donors (Lipinski definition) is 1. The van der Waals surface area contributed by atoms with Crippen LogP contribution in [0.15, 0.2) is 18.2 Å². The fourth-order valence-corrected chi connectivity index (χ4v) is 1.54. The highest BCUT2D eigenvalue weighted by molar-refractivity contribution is 6.34. The Hall–Kier alpha value is -1.35. The summed E-state index contributed by atoms with van der Waals surface area (Å²) >= 11 is 5.88. The SMILES string of the molecule is CCC(=O)CCC(=O)c1cc(N)ccc1Cl. The number of halogens is 1. The zero-order valence-corrected chi connectivity index (χ0v) is 9.88. The number of hydrogen-bond acceptors (Lipinski definition) is 3. The Morgan fingerprint density at radius 2 is 2.00 bits per heavy atom. The van der Waals surface area contributed by atoms with Gasteiger partial charge in [0, 0.05) is 30.5 Å². The lowest BCUT2D eigenvalue weighted by molar-refractivity contribution is -0.118. The quantitative estimate of drug-likeness (QED) is 0.635. The lowest BCUT2D eigenvalue weighted by atomic mass is 10.0. The van der Waals surface area contributed by atoms with Gasteiger partial charge in [-0.3, -0.25) is 9.59 Å². The largest absolute Gasteiger partial charge is 0.399 e. The predicted molar refractivity (Wildman–Crippen MR) is 64.7 cm³/mol. The van der Waals surface area contributed by atoms with Gasteiger partial charge in [-0.1, -0.05) is 18.5 Å². The zero-order chi connectivity index (χ0) is 12.1. The van der Waals surface area contributed by atoms with Gasteiger partial charge in [0.1, 0.15) is 5.78 Å². The molecule has 1 aromatic carbocycles. The summed E-state index contributed by atoms with van der Waals surface area (Å²) in [5.41, 5.74) is 6.46. The van der Waals surface area contributed by atoms with E-state index in [1.807, 2.05) is 0 Å². The van der Waals surface area contributed by atoms with E-state index in [2.05, 4.69) is 0 Å². The standard InChI is InChI=1S/C12H14ClNO2/c1-2-9(15)4-6-12(16)10-7-8(14)3-5-11(10)13/h3,5,7H,2,4,6,14H2,1H3. The van der Waals surface area contributed by atoms with Crippen molar-refractivity contribution in [2.24, 2.45) is 0 Å². The van der Waals surface area contributed by atoms with Crippen LogP contribution in [-0.2, 0) is 4.79 Å². The summed E-state index contributed by atoms with van der Waals surface area (Å²) in [6.07, 6.45) is 0.911. The van der Waals surface area contributed by atoms with Gasteiger partial charge < -0.3 is 5.73 Å². The molecule has 0 aromatic heterocycles. The summed E-state index contributed by atoms with van der Waals surface area (Å²) in [7, 11) is 0. The molecular weight excluding hydrogens is 226 g/mol. The van der Waals surface area contributed by atoms with Gasteiger partial charge in [0.2, 0.25) is 0 Å². The summed E-state index contributed by atoms with van der Waals surface area (Å²) < 4.78 is 0. The van der Waals surface area contributed by atoms with Crippen molar-refractivity contribution < 1.29 is 9.59 Å². The second-order valence-corrected chi connectivity index (χ2v) is 3.96.